The Labute approximate surface area is 189 Å². The maximum absolute atomic E-state index is 13.0. The Morgan fingerprint density at radius 1 is 1.19 bits per heavy atom. The molecule has 0 aliphatic carbocycles. The molecule has 8 nitrogen and oxygen atoms in total. The highest BCUT2D eigenvalue weighted by Gasteiger charge is 2.30. The van der Waals surface area contributed by atoms with Gasteiger partial charge in [-0.25, -0.2) is 4.68 Å². The number of aliphatic hydroxyl groups is 1. The van der Waals surface area contributed by atoms with Crippen molar-refractivity contribution in [3.63, 3.8) is 0 Å². The van der Waals surface area contributed by atoms with E-state index in [9.17, 15) is 9.90 Å². The normalized spacial score (nSPS) is 13.2. The van der Waals surface area contributed by atoms with Gasteiger partial charge >= 0.3 is 0 Å². The van der Waals surface area contributed by atoms with Crippen molar-refractivity contribution >= 4 is 10.9 Å². The van der Waals surface area contributed by atoms with Gasteiger partial charge in [0, 0.05) is 30.8 Å². The fourth-order valence-electron chi connectivity index (χ4n) is 4.11. The average Bonchev–Trinajstić information content (AvgIpc) is 3.21. The van der Waals surface area contributed by atoms with Gasteiger partial charge in [-0.2, -0.15) is 0 Å². The topological polar surface area (TPSA) is 99.9 Å². The molecule has 3 rings (SSSR count). The predicted molar refractivity (Wildman–Crippen MR) is 127 cm³/mol. The van der Waals surface area contributed by atoms with Crippen molar-refractivity contribution in [2.75, 3.05) is 13.2 Å². The number of H-pyrrole nitrogens is 1. The number of rotatable bonds is 9. The standard InChI is InChI=1S/C24H36N6O2/c1-7-9-21(22-26-27-28-30(22)24(4,5)6)29(10-8-11-31)15-19-14-18-12-16(2)17(3)13-20(18)25-23(19)32/h12-14,21,31H,7-11,15H2,1-6H3,(H,25,32)/t21-/m0/s1. The molecule has 0 amide bonds. The third-order valence-electron chi connectivity index (χ3n) is 5.94. The molecule has 0 fully saturated rings. The van der Waals surface area contributed by atoms with Crippen LogP contribution in [0.2, 0.25) is 0 Å². The van der Waals surface area contributed by atoms with E-state index >= 15 is 0 Å². The second kappa shape index (κ2) is 9.92. The SMILES string of the molecule is CCC[C@@H](c1nnnn1C(C)(C)C)N(CCCO)Cc1cc2cc(C)c(C)cc2[nH]c1=O. The van der Waals surface area contributed by atoms with E-state index in [1.54, 1.807) is 0 Å². The number of aryl methyl sites for hydroxylation is 2. The number of hydrogen-bond donors (Lipinski definition) is 2. The molecule has 8 heteroatoms. The lowest BCUT2D eigenvalue weighted by molar-refractivity contribution is 0.142. The van der Waals surface area contributed by atoms with Crippen LogP contribution in [0, 0.1) is 13.8 Å². The minimum absolute atomic E-state index is 0.0596. The van der Waals surface area contributed by atoms with E-state index in [4.69, 9.17) is 0 Å². The fraction of sp³-hybridized carbons (Fsp3) is 0.583. The van der Waals surface area contributed by atoms with Gasteiger partial charge in [-0.05, 0) is 92.6 Å². The van der Waals surface area contributed by atoms with Crippen LogP contribution in [0.5, 0.6) is 0 Å². The summed E-state index contributed by atoms with van der Waals surface area (Å²) in [5.74, 6) is 0.793. The van der Waals surface area contributed by atoms with Crippen molar-refractivity contribution in [1.29, 1.82) is 0 Å². The lowest BCUT2D eigenvalue weighted by Gasteiger charge is -2.32. The molecular formula is C24H36N6O2. The van der Waals surface area contributed by atoms with Gasteiger partial charge in [-0.15, -0.1) is 5.10 Å². The fourth-order valence-corrected chi connectivity index (χ4v) is 4.11. The van der Waals surface area contributed by atoms with Gasteiger partial charge in [-0.1, -0.05) is 13.3 Å². The molecule has 3 aromatic rings. The van der Waals surface area contributed by atoms with Crippen LogP contribution >= 0.6 is 0 Å². The summed E-state index contributed by atoms with van der Waals surface area (Å²) in [7, 11) is 0. The number of pyridine rings is 1. The van der Waals surface area contributed by atoms with E-state index in [2.05, 4.69) is 66.1 Å². The summed E-state index contributed by atoms with van der Waals surface area (Å²) in [4.78, 5) is 18.2. The number of aromatic amines is 1. The maximum Gasteiger partial charge on any atom is 0.252 e. The zero-order valence-corrected chi connectivity index (χ0v) is 20.1. The van der Waals surface area contributed by atoms with Crippen LogP contribution in [-0.2, 0) is 12.1 Å². The molecule has 0 aliphatic heterocycles. The van der Waals surface area contributed by atoms with E-state index in [0.29, 0.717) is 25.1 Å². The Bertz CT molecular complexity index is 1110. The first-order valence-electron chi connectivity index (χ1n) is 11.4. The Balaban J connectivity index is 2.03. The minimum atomic E-state index is -0.261. The smallest absolute Gasteiger partial charge is 0.252 e. The van der Waals surface area contributed by atoms with Gasteiger partial charge in [0.25, 0.3) is 5.56 Å². The largest absolute Gasteiger partial charge is 0.396 e. The Morgan fingerprint density at radius 3 is 2.56 bits per heavy atom. The summed E-state index contributed by atoms with van der Waals surface area (Å²) >= 11 is 0. The second-order valence-corrected chi connectivity index (χ2v) is 9.62. The predicted octanol–water partition coefficient (Wildman–Crippen LogP) is 3.61. The number of fused-ring (bicyclic) bond motifs is 1. The molecule has 0 unspecified atom stereocenters. The molecule has 32 heavy (non-hydrogen) atoms. The van der Waals surface area contributed by atoms with Gasteiger partial charge in [0.1, 0.15) is 0 Å². The highest BCUT2D eigenvalue weighted by molar-refractivity contribution is 5.80. The van der Waals surface area contributed by atoms with E-state index in [-0.39, 0.29) is 23.7 Å². The Morgan fingerprint density at radius 2 is 1.91 bits per heavy atom. The van der Waals surface area contributed by atoms with Gasteiger partial charge in [0.15, 0.2) is 5.82 Å². The first-order valence-corrected chi connectivity index (χ1v) is 11.4. The Kier molecular flexibility index (Phi) is 7.46. The second-order valence-electron chi connectivity index (χ2n) is 9.62. The monoisotopic (exact) mass is 440 g/mol. The van der Waals surface area contributed by atoms with E-state index in [1.807, 2.05) is 23.7 Å². The molecule has 0 saturated carbocycles. The molecular weight excluding hydrogens is 404 g/mol. The van der Waals surface area contributed by atoms with Gasteiger partial charge in [0.05, 0.1) is 11.6 Å². The van der Waals surface area contributed by atoms with Crippen molar-refractivity contribution in [3.05, 3.63) is 51.1 Å². The molecule has 0 aliphatic rings. The highest BCUT2D eigenvalue weighted by Crippen LogP contribution is 2.29. The zero-order valence-electron chi connectivity index (χ0n) is 20.1. The van der Waals surface area contributed by atoms with Crippen LogP contribution in [0.1, 0.15) is 75.5 Å². The molecule has 0 saturated heterocycles. The van der Waals surface area contributed by atoms with Crippen molar-refractivity contribution < 1.29 is 5.11 Å². The molecule has 0 bridgehead atoms. The van der Waals surface area contributed by atoms with Crippen LogP contribution < -0.4 is 5.56 Å². The summed E-state index contributed by atoms with van der Waals surface area (Å²) in [6, 6.07) is 6.07. The molecule has 174 valence electrons. The third kappa shape index (κ3) is 5.24. The number of benzene rings is 1. The van der Waals surface area contributed by atoms with Gasteiger partial charge in [0.2, 0.25) is 0 Å². The average molecular weight is 441 g/mol. The quantitative estimate of drug-likeness (QED) is 0.527. The van der Waals surface area contributed by atoms with Crippen LogP contribution in [0.25, 0.3) is 10.9 Å². The molecule has 2 heterocycles. The number of nitrogens with one attached hydrogen (secondary N) is 1. The molecule has 0 radical (unpaired) electrons. The number of aromatic nitrogens is 5. The van der Waals surface area contributed by atoms with Gasteiger partial charge in [-0.3, -0.25) is 9.69 Å². The van der Waals surface area contributed by atoms with Crippen LogP contribution in [0.4, 0.5) is 0 Å². The summed E-state index contributed by atoms with van der Waals surface area (Å²) in [5.41, 5.74) is 3.56. The summed E-state index contributed by atoms with van der Waals surface area (Å²) < 4.78 is 1.87. The summed E-state index contributed by atoms with van der Waals surface area (Å²) in [6.45, 7) is 13.7. The van der Waals surface area contributed by atoms with E-state index < -0.39 is 0 Å². The van der Waals surface area contributed by atoms with Crippen molar-refractivity contribution in [2.45, 2.75) is 78.9 Å². The molecule has 2 aromatic heterocycles. The van der Waals surface area contributed by atoms with Crippen molar-refractivity contribution in [2.24, 2.45) is 0 Å². The lowest BCUT2D eigenvalue weighted by Crippen LogP contribution is -2.36. The summed E-state index contributed by atoms with van der Waals surface area (Å²) in [6.07, 6.45) is 2.41. The van der Waals surface area contributed by atoms with Crippen LogP contribution in [0.15, 0.2) is 23.0 Å². The van der Waals surface area contributed by atoms with Crippen LogP contribution in [0.3, 0.4) is 0 Å². The van der Waals surface area contributed by atoms with E-state index in [0.717, 1.165) is 35.1 Å². The minimum Gasteiger partial charge on any atom is -0.396 e. The maximum atomic E-state index is 13.0. The molecule has 1 aromatic carbocycles. The number of tetrazole rings is 1. The number of hydrogen-bond acceptors (Lipinski definition) is 6. The lowest BCUT2D eigenvalue weighted by atomic mass is 10.0. The molecule has 1 atom stereocenters. The summed E-state index contributed by atoms with van der Waals surface area (Å²) in [5, 5.41) is 23.1. The first kappa shape index (κ1) is 24.1. The third-order valence-corrected chi connectivity index (χ3v) is 5.94. The molecule has 2 N–H and O–H groups in total. The van der Waals surface area contributed by atoms with Crippen molar-refractivity contribution in [1.82, 2.24) is 30.1 Å². The molecule has 0 spiro atoms. The number of aliphatic hydroxyl groups excluding tert-OH is 1. The van der Waals surface area contributed by atoms with Gasteiger partial charge < -0.3 is 10.1 Å². The van der Waals surface area contributed by atoms with Crippen molar-refractivity contribution in [3.8, 4) is 0 Å². The first-order chi connectivity index (χ1) is 15.2. The zero-order chi connectivity index (χ0) is 23.5. The van der Waals surface area contributed by atoms with Crippen LogP contribution in [-0.4, -0.2) is 48.3 Å². The number of nitrogens with zero attached hydrogens (tertiary/aromatic N) is 5. The van der Waals surface area contributed by atoms with E-state index in [1.165, 1.54) is 5.56 Å². The highest BCUT2D eigenvalue weighted by atomic mass is 16.3. The Hall–Kier alpha value is -2.58.